The van der Waals surface area contributed by atoms with Gasteiger partial charge < -0.3 is 9.64 Å². The number of methoxy groups -OCH3 is 1. The summed E-state index contributed by atoms with van der Waals surface area (Å²) < 4.78 is 5.61. The van der Waals surface area contributed by atoms with Crippen molar-refractivity contribution >= 4 is 0 Å². The number of hydrogen-bond donors (Lipinski definition) is 0. The third kappa shape index (κ3) is 8.68. The first kappa shape index (κ1) is 28.3. The molecule has 2 heterocycles. The van der Waals surface area contributed by atoms with Crippen molar-refractivity contribution in [2.24, 2.45) is 0 Å². The van der Waals surface area contributed by atoms with Crippen LogP contribution in [0.3, 0.4) is 0 Å². The summed E-state index contributed by atoms with van der Waals surface area (Å²) in [6.45, 7) is 8.93. The second kappa shape index (κ2) is 15.7. The highest BCUT2D eigenvalue weighted by Crippen LogP contribution is 2.34. The van der Waals surface area contributed by atoms with Gasteiger partial charge in [0, 0.05) is 19.3 Å². The smallest absolute Gasteiger partial charge is 0.122 e. The fourth-order valence-corrected chi connectivity index (χ4v) is 5.82. The van der Waals surface area contributed by atoms with E-state index in [2.05, 4.69) is 82.4 Å². The minimum atomic E-state index is 0.628. The molecule has 4 nitrogen and oxygen atoms in total. The van der Waals surface area contributed by atoms with Gasteiger partial charge in [-0.25, -0.2) is 0 Å². The molecular formula is C34H47N3O. The van der Waals surface area contributed by atoms with E-state index in [0.29, 0.717) is 5.92 Å². The van der Waals surface area contributed by atoms with Gasteiger partial charge in [-0.15, -0.1) is 0 Å². The molecule has 2 aromatic carbocycles. The number of nitrogens with zero attached hydrogens (tertiary/aromatic N) is 3. The van der Waals surface area contributed by atoms with Crippen LogP contribution >= 0.6 is 0 Å². The Labute approximate surface area is 231 Å². The highest BCUT2D eigenvalue weighted by atomic mass is 16.5. The van der Waals surface area contributed by atoms with Crippen LogP contribution in [0, 0.1) is 0 Å². The van der Waals surface area contributed by atoms with Crippen LogP contribution in [-0.4, -0.2) is 48.1 Å². The number of hydrogen-bond acceptors (Lipinski definition) is 4. The lowest BCUT2D eigenvalue weighted by Crippen LogP contribution is -2.33. The SMILES string of the molecule is CCCCc1ccccc1CN(CCCCCN1CCC(c2ccccc2OC)CC1)Cc1ccccn1. The van der Waals surface area contributed by atoms with Gasteiger partial charge in [0.25, 0.3) is 0 Å². The Hall–Kier alpha value is -2.69. The van der Waals surface area contributed by atoms with E-state index in [1.54, 1.807) is 7.11 Å². The Kier molecular flexibility index (Phi) is 11.7. The molecule has 3 aromatic rings. The van der Waals surface area contributed by atoms with Crippen molar-refractivity contribution in [2.75, 3.05) is 33.3 Å². The average Bonchev–Trinajstić information content (AvgIpc) is 2.97. The third-order valence-electron chi connectivity index (χ3n) is 8.04. The van der Waals surface area contributed by atoms with Gasteiger partial charge in [-0.05, 0) is 106 Å². The quantitative estimate of drug-likeness (QED) is 0.197. The van der Waals surface area contributed by atoms with Crippen molar-refractivity contribution in [1.82, 2.24) is 14.8 Å². The first-order valence-corrected chi connectivity index (χ1v) is 14.8. The lowest BCUT2D eigenvalue weighted by molar-refractivity contribution is 0.202. The molecule has 0 bridgehead atoms. The van der Waals surface area contributed by atoms with Crippen molar-refractivity contribution < 1.29 is 4.74 Å². The molecule has 1 aliphatic rings. The predicted octanol–water partition coefficient (Wildman–Crippen LogP) is 7.48. The molecule has 204 valence electrons. The zero-order valence-electron chi connectivity index (χ0n) is 23.7. The first-order valence-electron chi connectivity index (χ1n) is 14.8. The number of piperidine rings is 1. The van der Waals surface area contributed by atoms with Crippen molar-refractivity contribution in [3.63, 3.8) is 0 Å². The van der Waals surface area contributed by atoms with Gasteiger partial charge in [-0.3, -0.25) is 9.88 Å². The molecule has 0 spiro atoms. The molecular weight excluding hydrogens is 466 g/mol. The molecule has 0 radical (unpaired) electrons. The highest BCUT2D eigenvalue weighted by Gasteiger charge is 2.22. The second-order valence-electron chi connectivity index (χ2n) is 10.8. The van der Waals surface area contributed by atoms with Crippen LogP contribution in [-0.2, 0) is 19.5 Å². The summed E-state index contributed by atoms with van der Waals surface area (Å²) >= 11 is 0. The number of rotatable bonds is 15. The molecule has 38 heavy (non-hydrogen) atoms. The third-order valence-corrected chi connectivity index (χ3v) is 8.04. The molecule has 0 aliphatic carbocycles. The molecule has 0 N–H and O–H groups in total. The van der Waals surface area contributed by atoms with Gasteiger partial charge >= 0.3 is 0 Å². The van der Waals surface area contributed by atoms with Crippen LogP contribution in [0.1, 0.15) is 80.2 Å². The van der Waals surface area contributed by atoms with Crippen LogP contribution in [0.15, 0.2) is 72.9 Å². The molecule has 0 amide bonds. The second-order valence-corrected chi connectivity index (χ2v) is 10.8. The normalized spacial score (nSPS) is 14.7. The molecule has 0 saturated carbocycles. The lowest BCUT2D eigenvalue weighted by Gasteiger charge is -2.32. The minimum Gasteiger partial charge on any atom is -0.496 e. The Morgan fingerprint density at radius 1 is 0.842 bits per heavy atom. The molecule has 4 heteroatoms. The zero-order chi connectivity index (χ0) is 26.4. The number of aryl methyl sites for hydroxylation is 1. The van der Waals surface area contributed by atoms with Gasteiger partial charge in [0.05, 0.1) is 12.8 Å². The highest BCUT2D eigenvalue weighted by molar-refractivity contribution is 5.36. The summed E-state index contributed by atoms with van der Waals surface area (Å²) in [5.74, 6) is 1.68. The molecule has 1 aliphatic heterocycles. The number of ether oxygens (including phenoxy) is 1. The van der Waals surface area contributed by atoms with Gasteiger partial charge in [0.15, 0.2) is 0 Å². The van der Waals surface area contributed by atoms with E-state index in [1.165, 1.54) is 87.7 Å². The van der Waals surface area contributed by atoms with E-state index < -0.39 is 0 Å². The number of unbranched alkanes of at least 4 members (excludes halogenated alkanes) is 3. The van der Waals surface area contributed by atoms with Crippen molar-refractivity contribution in [3.8, 4) is 5.75 Å². The number of likely N-dealkylation sites (tertiary alicyclic amines) is 1. The van der Waals surface area contributed by atoms with Gasteiger partial charge in [-0.2, -0.15) is 0 Å². The molecule has 0 atom stereocenters. The molecule has 1 fully saturated rings. The van der Waals surface area contributed by atoms with Crippen LogP contribution in [0.5, 0.6) is 5.75 Å². The Morgan fingerprint density at radius 2 is 1.61 bits per heavy atom. The predicted molar refractivity (Wildman–Crippen MR) is 159 cm³/mol. The van der Waals surface area contributed by atoms with Crippen LogP contribution in [0.4, 0.5) is 0 Å². The average molecular weight is 514 g/mol. The Balaban J connectivity index is 1.23. The fraction of sp³-hybridized carbons (Fsp3) is 0.500. The van der Waals surface area contributed by atoms with Crippen molar-refractivity contribution in [1.29, 1.82) is 0 Å². The van der Waals surface area contributed by atoms with Gasteiger partial charge in [0.1, 0.15) is 5.75 Å². The zero-order valence-corrected chi connectivity index (χ0v) is 23.7. The Morgan fingerprint density at radius 3 is 2.37 bits per heavy atom. The van der Waals surface area contributed by atoms with Crippen molar-refractivity contribution in [3.05, 3.63) is 95.3 Å². The number of pyridine rings is 1. The van der Waals surface area contributed by atoms with E-state index in [-0.39, 0.29) is 0 Å². The topological polar surface area (TPSA) is 28.6 Å². The van der Waals surface area contributed by atoms with Crippen molar-refractivity contribution in [2.45, 2.75) is 77.3 Å². The maximum atomic E-state index is 5.61. The summed E-state index contributed by atoms with van der Waals surface area (Å²) in [6.07, 6.45) is 11.9. The first-order chi connectivity index (χ1) is 18.8. The number of benzene rings is 2. The summed E-state index contributed by atoms with van der Waals surface area (Å²) in [5.41, 5.74) is 5.54. The minimum absolute atomic E-state index is 0.628. The molecule has 0 unspecified atom stereocenters. The van der Waals surface area contributed by atoms with E-state index in [1.807, 2.05) is 12.3 Å². The van der Waals surface area contributed by atoms with Crippen LogP contribution < -0.4 is 4.74 Å². The monoisotopic (exact) mass is 513 g/mol. The summed E-state index contributed by atoms with van der Waals surface area (Å²) in [4.78, 5) is 9.89. The summed E-state index contributed by atoms with van der Waals surface area (Å²) in [6, 6.07) is 23.9. The van der Waals surface area contributed by atoms with Gasteiger partial charge in [0.2, 0.25) is 0 Å². The molecule has 1 saturated heterocycles. The Bertz CT molecular complexity index is 1060. The largest absolute Gasteiger partial charge is 0.496 e. The lowest BCUT2D eigenvalue weighted by atomic mass is 9.88. The van der Waals surface area contributed by atoms with E-state index in [0.717, 1.165) is 31.1 Å². The van der Waals surface area contributed by atoms with Gasteiger partial charge in [-0.1, -0.05) is 68.3 Å². The van der Waals surface area contributed by atoms with Crippen LogP contribution in [0.25, 0.3) is 0 Å². The fourth-order valence-electron chi connectivity index (χ4n) is 5.82. The van der Waals surface area contributed by atoms with E-state index in [4.69, 9.17) is 4.74 Å². The maximum Gasteiger partial charge on any atom is 0.122 e. The molecule has 4 rings (SSSR count). The maximum absolute atomic E-state index is 5.61. The number of para-hydroxylation sites is 1. The summed E-state index contributed by atoms with van der Waals surface area (Å²) in [5, 5.41) is 0. The standard InChI is InChI=1S/C34H47N3O/c1-3-4-14-29-15-6-7-16-31(29)27-37(28-32-17-10-11-22-35-32)24-13-5-12-23-36-25-20-30(21-26-36)33-18-8-9-19-34(33)38-2/h6-11,15-19,22,30H,3-5,12-14,20-21,23-28H2,1-2H3. The summed E-state index contributed by atoms with van der Waals surface area (Å²) in [7, 11) is 1.79. The van der Waals surface area contributed by atoms with E-state index >= 15 is 0 Å². The molecule has 1 aromatic heterocycles. The van der Waals surface area contributed by atoms with Crippen LogP contribution in [0.2, 0.25) is 0 Å². The van der Waals surface area contributed by atoms with E-state index in [9.17, 15) is 0 Å². The number of aromatic nitrogens is 1.